The van der Waals surface area contributed by atoms with Crippen molar-refractivity contribution in [1.82, 2.24) is 9.80 Å². The van der Waals surface area contributed by atoms with E-state index in [9.17, 15) is 9.90 Å². The zero-order valence-electron chi connectivity index (χ0n) is 19.2. The van der Waals surface area contributed by atoms with E-state index in [1.807, 2.05) is 12.1 Å². The molecule has 0 aliphatic carbocycles. The van der Waals surface area contributed by atoms with E-state index in [0.29, 0.717) is 5.92 Å². The smallest absolute Gasteiger partial charge is 0.409 e. The third-order valence-corrected chi connectivity index (χ3v) is 5.88. The minimum absolute atomic E-state index is 0.366. The number of carboxylic acid groups (broad SMARTS) is 1. The summed E-state index contributed by atoms with van der Waals surface area (Å²) in [4.78, 5) is 15.9. The van der Waals surface area contributed by atoms with Crippen LogP contribution >= 0.6 is 0 Å². The number of hydrogen-bond donors (Lipinski definition) is 2. The Morgan fingerprint density at radius 2 is 1.80 bits per heavy atom. The Hall–Kier alpha value is -1.63. The first kappa shape index (κ1) is 24.6. The van der Waals surface area contributed by atoms with Gasteiger partial charge in [-0.25, -0.2) is 4.79 Å². The minimum Gasteiger partial charge on any atom is -0.465 e. The van der Waals surface area contributed by atoms with Crippen molar-refractivity contribution in [1.29, 1.82) is 0 Å². The first-order chi connectivity index (χ1) is 14.5. The molecule has 2 N–H and O–H groups in total. The second-order valence-electron chi connectivity index (χ2n) is 8.79. The third kappa shape index (κ3) is 9.02. The van der Waals surface area contributed by atoms with Gasteiger partial charge in [0.25, 0.3) is 0 Å². The zero-order valence-corrected chi connectivity index (χ0v) is 19.2. The molecular weight excluding hydrogens is 378 g/mol. The molecule has 2 rings (SSSR count). The second kappa shape index (κ2) is 13.6. The van der Waals surface area contributed by atoms with Crippen molar-refractivity contribution in [3.05, 3.63) is 29.3 Å². The van der Waals surface area contributed by atoms with Gasteiger partial charge in [-0.15, -0.1) is 0 Å². The number of hydrogen-bond acceptors (Lipinski definition) is 4. The maximum Gasteiger partial charge on any atom is 0.409 e. The largest absolute Gasteiger partial charge is 0.465 e. The Kier molecular flexibility index (Phi) is 11.2. The lowest BCUT2D eigenvalue weighted by Crippen LogP contribution is -2.36. The molecule has 1 heterocycles. The number of unbranched alkanes of at least 4 members (excludes halogenated alkanes) is 5. The number of amides is 1. The van der Waals surface area contributed by atoms with E-state index in [4.69, 9.17) is 4.74 Å². The average molecular weight is 420 g/mol. The molecular formula is C24H41N3O3. The summed E-state index contributed by atoms with van der Waals surface area (Å²) >= 11 is 0. The van der Waals surface area contributed by atoms with Gasteiger partial charge in [-0.3, -0.25) is 10.2 Å². The van der Waals surface area contributed by atoms with Gasteiger partial charge in [-0.05, 0) is 63.0 Å². The topological polar surface area (TPSA) is 65.0 Å². The molecule has 6 nitrogen and oxygen atoms in total. The molecule has 170 valence electrons. The van der Waals surface area contributed by atoms with Gasteiger partial charge in [-0.2, -0.15) is 0 Å². The molecule has 1 atom stereocenters. The molecule has 0 aromatic heterocycles. The Balaban J connectivity index is 1.77. The van der Waals surface area contributed by atoms with Gasteiger partial charge in [0.1, 0.15) is 0 Å². The lowest BCUT2D eigenvalue weighted by Gasteiger charge is -2.26. The van der Waals surface area contributed by atoms with Gasteiger partial charge in [-0.1, -0.05) is 44.7 Å². The van der Waals surface area contributed by atoms with E-state index >= 15 is 0 Å². The van der Waals surface area contributed by atoms with Crippen LogP contribution in [0.5, 0.6) is 0 Å². The molecule has 1 aromatic rings. The van der Waals surface area contributed by atoms with E-state index in [0.717, 1.165) is 51.4 Å². The molecule has 1 aliphatic heterocycles. The number of carbonyl (C=O) groups is 1. The lowest BCUT2D eigenvalue weighted by molar-refractivity contribution is 0.0371. The predicted molar refractivity (Wildman–Crippen MR) is 124 cm³/mol. The molecule has 0 bridgehead atoms. The van der Waals surface area contributed by atoms with Crippen molar-refractivity contribution in [2.45, 2.75) is 57.8 Å². The van der Waals surface area contributed by atoms with Gasteiger partial charge in [0.05, 0.1) is 13.2 Å². The molecule has 1 aliphatic rings. The Labute approximate surface area is 182 Å². The number of nitrogens with zero attached hydrogens (tertiary/aromatic N) is 2. The van der Waals surface area contributed by atoms with Crippen molar-refractivity contribution >= 4 is 11.8 Å². The molecule has 1 amide bonds. The molecule has 0 radical (unpaired) electrons. The number of rotatable bonds is 13. The standard InChI is InChI=1S/C24H41N3O3/c1-20(19-26(2)3)21-12-10-13-23(25-24(28)29)22(21)11-8-6-4-5-7-9-14-27-15-17-30-18-16-27/h10,12-13,20,25H,4-9,11,14-19H2,1-3H3,(H,28,29). The van der Waals surface area contributed by atoms with E-state index in [1.54, 1.807) is 0 Å². The fraction of sp³-hybridized carbons (Fsp3) is 0.708. The highest BCUT2D eigenvalue weighted by molar-refractivity contribution is 5.84. The quantitative estimate of drug-likeness (QED) is 0.455. The third-order valence-electron chi connectivity index (χ3n) is 5.88. The van der Waals surface area contributed by atoms with Crippen LogP contribution in [0, 0.1) is 0 Å². The summed E-state index contributed by atoms with van der Waals surface area (Å²) in [6, 6.07) is 6.01. The van der Waals surface area contributed by atoms with Crippen LogP contribution in [0.2, 0.25) is 0 Å². The number of nitrogens with one attached hydrogen (secondary N) is 1. The maximum atomic E-state index is 11.2. The Bertz CT molecular complexity index is 630. The fourth-order valence-electron chi connectivity index (χ4n) is 4.39. The lowest BCUT2D eigenvalue weighted by atomic mass is 9.90. The molecule has 1 fully saturated rings. The van der Waals surface area contributed by atoms with Gasteiger partial charge in [0.15, 0.2) is 0 Å². The Morgan fingerprint density at radius 3 is 2.47 bits per heavy atom. The van der Waals surface area contributed by atoms with Crippen LogP contribution in [0.25, 0.3) is 0 Å². The summed E-state index contributed by atoms with van der Waals surface area (Å²) in [5, 5.41) is 11.8. The molecule has 30 heavy (non-hydrogen) atoms. The summed E-state index contributed by atoms with van der Waals surface area (Å²) < 4.78 is 5.40. The minimum atomic E-state index is -0.992. The molecule has 6 heteroatoms. The first-order valence-corrected chi connectivity index (χ1v) is 11.5. The fourth-order valence-corrected chi connectivity index (χ4v) is 4.39. The van der Waals surface area contributed by atoms with Crippen molar-refractivity contribution < 1.29 is 14.6 Å². The predicted octanol–water partition coefficient (Wildman–Crippen LogP) is 4.66. The highest BCUT2D eigenvalue weighted by atomic mass is 16.5. The molecule has 1 unspecified atom stereocenters. The first-order valence-electron chi connectivity index (χ1n) is 11.5. The number of ether oxygens (including phenoxy) is 1. The molecule has 1 aromatic carbocycles. The molecule has 0 saturated carbocycles. The van der Waals surface area contributed by atoms with E-state index in [1.165, 1.54) is 49.8 Å². The highest BCUT2D eigenvalue weighted by Crippen LogP contribution is 2.29. The number of anilines is 1. The normalized spacial score (nSPS) is 16.0. The van der Waals surface area contributed by atoms with Gasteiger partial charge < -0.3 is 14.7 Å². The number of morpholine rings is 1. The van der Waals surface area contributed by atoms with E-state index in [2.05, 4.69) is 42.2 Å². The number of benzene rings is 1. The van der Waals surface area contributed by atoms with Crippen LogP contribution in [-0.4, -0.2) is 74.5 Å². The van der Waals surface area contributed by atoms with Gasteiger partial charge in [0, 0.05) is 25.3 Å². The Morgan fingerprint density at radius 1 is 1.13 bits per heavy atom. The SMILES string of the molecule is CC(CN(C)C)c1cccc(NC(=O)O)c1CCCCCCCCN1CCOCC1. The van der Waals surface area contributed by atoms with Crippen molar-refractivity contribution in [2.75, 3.05) is 58.8 Å². The van der Waals surface area contributed by atoms with E-state index in [-0.39, 0.29) is 0 Å². The van der Waals surface area contributed by atoms with Crippen molar-refractivity contribution in [3.8, 4) is 0 Å². The highest BCUT2D eigenvalue weighted by Gasteiger charge is 2.16. The van der Waals surface area contributed by atoms with Crippen LogP contribution in [-0.2, 0) is 11.2 Å². The summed E-state index contributed by atoms with van der Waals surface area (Å²) in [7, 11) is 4.16. The van der Waals surface area contributed by atoms with Crippen LogP contribution < -0.4 is 5.32 Å². The molecule has 1 saturated heterocycles. The van der Waals surface area contributed by atoms with Crippen molar-refractivity contribution in [3.63, 3.8) is 0 Å². The van der Waals surface area contributed by atoms with Crippen LogP contribution in [0.3, 0.4) is 0 Å². The van der Waals surface area contributed by atoms with E-state index < -0.39 is 6.09 Å². The van der Waals surface area contributed by atoms with Crippen LogP contribution in [0.4, 0.5) is 10.5 Å². The summed E-state index contributed by atoms with van der Waals surface area (Å²) in [5.41, 5.74) is 3.18. The summed E-state index contributed by atoms with van der Waals surface area (Å²) in [5.74, 6) is 0.366. The average Bonchev–Trinajstić information content (AvgIpc) is 2.70. The van der Waals surface area contributed by atoms with Gasteiger partial charge >= 0.3 is 6.09 Å². The van der Waals surface area contributed by atoms with Crippen LogP contribution in [0.1, 0.15) is 62.5 Å². The number of likely N-dealkylation sites (N-methyl/N-ethyl adjacent to an activating group) is 1. The summed E-state index contributed by atoms with van der Waals surface area (Å²) in [6.45, 7) is 8.30. The molecule has 0 spiro atoms. The second-order valence-corrected chi connectivity index (χ2v) is 8.79. The van der Waals surface area contributed by atoms with Crippen molar-refractivity contribution in [2.24, 2.45) is 0 Å². The van der Waals surface area contributed by atoms with Crippen LogP contribution in [0.15, 0.2) is 18.2 Å². The monoisotopic (exact) mass is 419 g/mol. The zero-order chi connectivity index (χ0) is 21.8. The van der Waals surface area contributed by atoms with Gasteiger partial charge in [0.2, 0.25) is 0 Å². The summed E-state index contributed by atoms with van der Waals surface area (Å²) in [6.07, 6.45) is 7.33. The maximum absolute atomic E-state index is 11.2.